The SMILES string of the molecule is O=C(Nc1ccc2c(c1)CCCN2)C1COCCN1. The first-order valence-corrected chi connectivity index (χ1v) is 6.82. The molecule has 0 saturated carbocycles. The lowest BCUT2D eigenvalue weighted by Crippen LogP contribution is -2.48. The fourth-order valence-electron chi connectivity index (χ4n) is 2.52. The van der Waals surface area contributed by atoms with E-state index in [2.05, 4.69) is 22.0 Å². The summed E-state index contributed by atoms with van der Waals surface area (Å²) in [7, 11) is 0. The summed E-state index contributed by atoms with van der Waals surface area (Å²) in [6.45, 7) is 2.88. The highest BCUT2D eigenvalue weighted by molar-refractivity contribution is 5.95. The number of aryl methyl sites for hydroxylation is 1. The van der Waals surface area contributed by atoms with Crippen molar-refractivity contribution in [1.82, 2.24) is 5.32 Å². The average Bonchev–Trinajstić information content (AvgIpc) is 2.48. The fraction of sp³-hybridized carbons (Fsp3) is 0.500. The summed E-state index contributed by atoms with van der Waals surface area (Å²) < 4.78 is 5.30. The highest BCUT2D eigenvalue weighted by atomic mass is 16.5. The lowest BCUT2D eigenvalue weighted by Gasteiger charge is -2.23. The Morgan fingerprint density at radius 1 is 1.37 bits per heavy atom. The molecule has 0 spiro atoms. The molecule has 102 valence electrons. The van der Waals surface area contributed by atoms with E-state index in [0.717, 1.165) is 31.6 Å². The maximum atomic E-state index is 12.1. The van der Waals surface area contributed by atoms with Gasteiger partial charge in [-0.1, -0.05) is 0 Å². The van der Waals surface area contributed by atoms with Crippen LogP contribution >= 0.6 is 0 Å². The van der Waals surface area contributed by atoms with Gasteiger partial charge in [-0.15, -0.1) is 0 Å². The van der Waals surface area contributed by atoms with Crippen LogP contribution in [-0.4, -0.2) is 38.3 Å². The van der Waals surface area contributed by atoms with E-state index in [9.17, 15) is 4.79 Å². The van der Waals surface area contributed by atoms with E-state index in [4.69, 9.17) is 4.74 Å². The van der Waals surface area contributed by atoms with Crippen LogP contribution in [0.15, 0.2) is 18.2 Å². The first kappa shape index (κ1) is 12.4. The number of ether oxygens (including phenoxy) is 1. The normalized spacial score (nSPS) is 22.2. The number of amides is 1. The average molecular weight is 261 g/mol. The zero-order chi connectivity index (χ0) is 13.1. The quantitative estimate of drug-likeness (QED) is 0.742. The summed E-state index contributed by atoms with van der Waals surface area (Å²) in [5.41, 5.74) is 3.32. The molecule has 2 aliphatic rings. The third kappa shape index (κ3) is 2.88. The second kappa shape index (κ2) is 5.59. The lowest BCUT2D eigenvalue weighted by molar-refractivity contribution is -0.120. The summed E-state index contributed by atoms with van der Waals surface area (Å²) in [5.74, 6) is -0.0246. The maximum Gasteiger partial charge on any atom is 0.243 e. The van der Waals surface area contributed by atoms with Crippen molar-refractivity contribution < 1.29 is 9.53 Å². The first-order chi connectivity index (χ1) is 9.33. The summed E-state index contributed by atoms with van der Waals surface area (Å²) in [6, 6.07) is 5.79. The van der Waals surface area contributed by atoms with Gasteiger partial charge in [0.2, 0.25) is 5.91 Å². The van der Waals surface area contributed by atoms with Gasteiger partial charge in [0, 0.05) is 24.5 Å². The zero-order valence-electron chi connectivity index (χ0n) is 10.9. The van der Waals surface area contributed by atoms with E-state index in [0.29, 0.717) is 13.2 Å². The highest BCUT2D eigenvalue weighted by Crippen LogP contribution is 2.25. The molecule has 0 bridgehead atoms. The largest absolute Gasteiger partial charge is 0.385 e. The Morgan fingerprint density at radius 3 is 3.16 bits per heavy atom. The summed E-state index contributed by atoms with van der Waals surface area (Å²) in [6.07, 6.45) is 2.21. The Morgan fingerprint density at radius 2 is 2.32 bits per heavy atom. The molecule has 3 N–H and O–H groups in total. The van der Waals surface area contributed by atoms with Crippen LogP contribution in [0.3, 0.4) is 0 Å². The van der Waals surface area contributed by atoms with Gasteiger partial charge in [0.05, 0.1) is 13.2 Å². The molecule has 1 aromatic carbocycles. The van der Waals surface area contributed by atoms with E-state index < -0.39 is 0 Å². The number of anilines is 2. The molecule has 2 aliphatic heterocycles. The van der Waals surface area contributed by atoms with Gasteiger partial charge >= 0.3 is 0 Å². The van der Waals surface area contributed by atoms with Gasteiger partial charge in [0.15, 0.2) is 0 Å². The molecule has 1 fully saturated rings. The number of nitrogens with one attached hydrogen (secondary N) is 3. The van der Waals surface area contributed by atoms with Gasteiger partial charge in [0.25, 0.3) is 0 Å². The molecule has 0 aromatic heterocycles. The number of carbonyl (C=O) groups excluding carboxylic acids is 1. The Hall–Kier alpha value is -1.59. The minimum atomic E-state index is -0.247. The van der Waals surface area contributed by atoms with Crippen molar-refractivity contribution in [3.8, 4) is 0 Å². The second-order valence-corrected chi connectivity index (χ2v) is 4.97. The van der Waals surface area contributed by atoms with Crippen molar-refractivity contribution in [2.75, 3.05) is 36.9 Å². The number of morpholine rings is 1. The van der Waals surface area contributed by atoms with Crippen molar-refractivity contribution >= 4 is 17.3 Å². The molecule has 0 radical (unpaired) electrons. The standard InChI is InChI=1S/C14H19N3O2/c18-14(13-9-19-7-6-16-13)17-11-3-4-12-10(8-11)2-1-5-15-12/h3-4,8,13,15-16H,1-2,5-7,9H2,(H,17,18). The molecular formula is C14H19N3O2. The molecule has 5 nitrogen and oxygen atoms in total. The van der Waals surface area contributed by atoms with Crippen molar-refractivity contribution in [2.45, 2.75) is 18.9 Å². The molecule has 1 unspecified atom stereocenters. The zero-order valence-corrected chi connectivity index (χ0v) is 10.9. The van der Waals surface area contributed by atoms with E-state index >= 15 is 0 Å². The predicted octanol–water partition coefficient (Wildman–Crippen LogP) is 0.972. The van der Waals surface area contributed by atoms with Crippen LogP contribution < -0.4 is 16.0 Å². The lowest BCUT2D eigenvalue weighted by atomic mass is 10.0. The topological polar surface area (TPSA) is 62.4 Å². The van der Waals surface area contributed by atoms with E-state index in [1.165, 1.54) is 11.3 Å². The Bertz CT molecular complexity index is 470. The Balaban J connectivity index is 1.67. The number of fused-ring (bicyclic) bond motifs is 1. The van der Waals surface area contributed by atoms with Crippen molar-refractivity contribution in [2.24, 2.45) is 0 Å². The number of hydrogen-bond acceptors (Lipinski definition) is 4. The molecule has 1 amide bonds. The number of hydrogen-bond donors (Lipinski definition) is 3. The van der Waals surface area contributed by atoms with Gasteiger partial charge in [-0.05, 0) is 36.6 Å². The van der Waals surface area contributed by atoms with Crippen LogP contribution in [0, 0.1) is 0 Å². The highest BCUT2D eigenvalue weighted by Gasteiger charge is 2.21. The molecule has 2 heterocycles. The Kier molecular flexibility index (Phi) is 3.66. The second-order valence-electron chi connectivity index (χ2n) is 4.97. The fourth-order valence-corrected chi connectivity index (χ4v) is 2.52. The summed E-state index contributed by atoms with van der Waals surface area (Å²) in [5, 5.41) is 9.47. The minimum absolute atomic E-state index is 0.0246. The number of carbonyl (C=O) groups is 1. The van der Waals surface area contributed by atoms with Crippen LogP contribution in [0.5, 0.6) is 0 Å². The van der Waals surface area contributed by atoms with Gasteiger partial charge in [-0.3, -0.25) is 4.79 Å². The van der Waals surface area contributed by atoms with Gasteiger partial charge < -0.3 is 20.7 Å². The maximum absolute atomic E-state index is 12.1. The molecule has 1 saturated heterocycles. The molecule has 5 heteroatoms. The van der Waals surface area contributed by atoms with Crippen molar-refractivity contribution in [3.63, 3.8) is 0 Å². The number of rotatable bonds is 2. The van der Waals surface area contributed by atoms with Crippen LogP contribution in [0.1, 0.15) is 12.0 Å². The van der Waals surface area contributed by atoms with Crippen LogP contribution in [0.2, 0.25) is 0 Å². The third-order valence-corrected chi connectivity index (χ3v) is 3.55. The predicted molar refractivity (Wildman–Crippen MR) is 74.5 cm³/mol. The van der Waals surface area contributed by atoms with Gasteiger partial charge in [0.1, 0.15) is 6.04 Å². The molecular weight excluding hydrogens is 242 g/mol. The van der Waals surface area contributed by atoms with Gasteiger partial charge in [-0.25, -0.2) is 0 Å². The molecule has 19 heavy (non-hydrogen) atoms. The van der Waals surface area contributed by atoms with Crippen LogP contribution in [-0.2, 0) is 16.0 Å². The first-order valence-electron chi connectivity index (χ1n) is 6.82. The smallest absolute Gasteiger partial charge is 0.243 e. The van der Waals surface area contributed by atoms with Crippen LogP contribution in [0.25, 0.3) is 0 Å². The monoisotopic (exact) mass is 261 g/mol. The molecule has 3 rings (SSSR count). The van der Waals surface area contributed by atoms with E-state index in [-0.39, 0.29) is 11.9 Å². The van der Waals surface area contributed by atoms with Crippen molar-refractivity contribution in [3.05, 3.63) is 23.8 Å². The van der Waals surface area contributed by atoms with Gasteiger partial charge in [-0.2, -0.15) is 0 Å². The minimum Gasteiger partial charge on any atom is -0.385 e. The summed E-state index contributed by atoms with van der Waals surface area (Å²) >= 11 is 0. The Labute approximate surface area is 112 Å². The van der Waals surface area contributed by atoms with Crippen molar-refractivity contribution in [1.29, 1.82) is 0 Å². The summed E-state index contributed by atoms with van der Waals surface area (Å²) in [4.78, 5) is 12.1. The van der Waals surface area contributed by atoms with Crippen LogP contribution in [0.4, 0.5) is 11.4 Å². The number of benzene rings is 1. The molecule has 1 atom stereocenters. The molecule has 1 aromatic rings. The molecule has 0 aliphatic carbocycles. The van der Waals surface area contributed by atoms with E-state index in [1.807, 2.05) is 12.1 Å². The third-order valence-electron chi connectivity index (χ3n) is 3.55. The van der Waals surface area contributed by atoms with E-state index in [1.54, 1.807) is 0 Å².